The van der Waals surface area contributed by atoms with Crippen LogP contribution in [0.15, 0.2) is 0 Å². The van der Waals surface area contributed by atoms with Gasteiger partial charge < -0.3 is 15.3 Å². The van der Waals surface area contributed by atoms with Crippen LogP contribution in [-0.4, -0.2) is 48.2 Å². The lowest BCUT2D eigenvalue weighted by molar-refractivity contribution is -0.137. The Kier molecular flexibility index (Phi) is 2.15. The normalized spacial score (nSPS) is 34.6. The monoisotopic (exact) mass is 158 g/mol. The molecule has 64 valence electrons. The molecule has 0 aromatic heterocycles. The molecule has 2 N–H and O–H groups in total. The largest absolute Gasteiger partial charge is 0.379 e. The molecule has 4 nitrogen and oxygen atoms in total. The molecule has 1 aliphatic rings. The molecule has 1 heterocycles. The standard InChI is InChI=1S/C7H14N2O2/c1-7(11)5-9(2)4-3-8-6(7)10/h11H,3-5H2,1-2H3,(H,8,10)/t7-/m0/s1. The van der Waals surface area contributed by atoms with E-state index in [9.17, 15) is 9.90 Å². The van der Waals surface area contributed by atoms with Gasteiger partial charge in [-0.15, -0.1) is 0 Å². The van der Waals surface area contributed by atoms with Crippen LogP contribution < -0.4 is 5.32 Å². The minimum atomic E-state index is -1.23. The fraction of sp³-hybridized carbons (Fsp3) is 0.857. The summed E-state index contributed by atoms with van der Waals surface area (Å²) in [5, 5.41) is 12.2. The molecule has 0 saturated carbocycles. The zero-order chi connectivity index (χ0) is 8.48. The lowest BCUT2D eigenvalue weighted by atomic mass is 10.1. The predicted octanol–water partition coefficient (Wildman–Crippen LogP) is -1.20. The first kappa shape index (κ1) is 8.49. The number of rotatable bonds is 0. The van der Waals surface area contributed by atoms with E-state index in [0.29, 0.717) is 13.1 Å². The molecule has 0 spiro atoms. The fourth-order valence-electron chi connectivity index (χ4n) is 1.23. The lowest BCUT2D eigenvalue weighted by Crippen LogP contribution is -2.47. The minimum absolute atomic E-state index is 0.276. The van der Waals surface area contributed by atoms with Gasteiger partial charge in [-0.2, -0.15) is 0 Å². The zero-order valence-corrected chi connectivity index (χ0v) is 6.92. The smallest absolute Gasteiger partial charge is 0.253 e. The van der Waals surface area contributed by atoms with Gasteiger partial charge in [-0.05, 0) is 14.0 Å². The summed E-state index contributed by atoms with van der Waals surface area (Å²) in [7, 11) is 1.88. The van der Waals surface area contributed by atoms with Gasteiger partial charge in [0, 0.05) is 19.6 Å². The first-order chi connectivity index (χ1) is 5.02. The molecule has 1 aliphatic heterocycles. The Hall–Kier alpha value is -0.610. The second kappa shape index (κ2) is 2.79. The summed E-state index contributed by atoms with van der Waals surface area (Å²) in [6.07, 6.45) is 0. The van der Waals surface area contributed by atoms with Gasteiger partial charge in [-0.1, -0.05) is 0 Å². The molecular formula is C7H14N2O2. The van der Waals surface area contributed by atoms with Gasteiger partial charge in [0.1, 0.15) is 0 Å². The number of nitrogens with zero attached hydrogens (tertiary/aromatic N) is 1. The van der Waals surface area contributed by atoms with Gasteiger partial charge in [0.2, 0.25) is 0 Å². The number of hydrogen-bond acceptors (Lipinski definition) is 3. The fourth-order valence-corrected chi connectivity index (χ4v) is 1.23. The highest BCUT2D eigenvalue weighted by molar-refractivity contribution is 5.84. The third-order valence-electron chi connectivity index (χ3n) is 1.85. The van der Waals surface area contributed by atoms with Gasteiger partial charge in [0.15, 0.2) is 5.60 Å². The summed E-state index contributed by atoms with van der Waals surface area (Å²) in [6.45, 7) is 3.34. The van der Waals surface area contributed by atoms with Crippen molar-refractivity contribution in [2.24, 2.45) is 0 Å². The topological polar surface area (TPSA) is 52.6 Å². The Bertz CT molecular complexity index is 168. The second-order valence-corrected chi connectivity index (χ2v) is 3.27. The molecule has 11 heavy (non-hydrogen) atoms. The van der Waals surface area contributed by atoms with Crippen LogP contribution >= 0.6 is 0 Å². The van der Waals surface area contributed by atoms with Crippen LogP contribution in [0.4, 0.5) is 0 Å². The molecule has 0 aliphatic carbocycles. The summed E-state index contributed by atoms with van der Waals surface area (Å²) in [5.74, 6) is -0.276. The van der Waals surface area contributed by atoms with Gasteiger partial charge >= 0.3 is 0 Å². The van der Waals surface area contributed by atoms with E-state index in [2.05, 4.69) is 5.32 Å². The van der Waals surface area contributed by atoms with E-state index < -0.39 is 5.60 Å². The first-order valence-corrected chi connectivity index (χ1v) is 3.71. The molecule has 1 rings (SSSR count). The maximum atomic E-state index is 11.1. The van der Waals surface area contributed by atoms with E-state index >= 15 is 0 Å². The van der Waals surface area contributed by atoms with E-state index in [4.69, 9.17) is 0 Å². The molecule has 4 heteroatoms. The Labute approximate surface area is 66.2 Å². The number of hydrogen-bond donors (Lipinski definition) is 2. The van der Waals surface area contributed by atoms with Crippen molar-refractivity contribution in [3.63, 3.8) is 0 Å². The van der Waals surface area contributed by atoms with E-state index in [1.807, 2.05) is 11.9 Å². The number of carbonyl (C=O) groups excluding carboxylic acids is 1. The van der Waals surface area contributed by atoms with Crippen LogP contribution in [0.1, 0.15) is 6.92 Å². The maximum absolute atomic E-state index is 11.1. The van der Waals surface area contributed by atoms with Crippen molar-refractivity contribution in [2.75, 3.05) is 26.7 Å². The van der Waals surface area contributed by atoms with Crippen LogP contribution in [0.2, 0.25) is 0 Å². The Morgan fingerprint density at radius 3 is 3.00 bits per heavy atom. The molecule has 0 aromatic carbocycles. The number of aliphatic hydroxyl groups is 1. The Balaban J connectivity index is 2.68. The summed E-state index contributed by atoms with van der Waals surface area (Å²) < 4.78 is 0. The van der Waals surface area contributed by atoms with Gasteiger partial charge in [-0.3, -0.25) is 4.79 Å². The molecule has 1 atom stereocenters. The SMILES string of the molecule is CN1CCNC(=O)[C@@](C)(O)C1. The van der Waals surface area contributed by atoms with E-state index in [1.54, 1.807) is 0 Å². The summed E-state index contributed by atoms with van der Waals surface area (Å²) >= 11 is 0. The Morgan fingerprint density at radius 1 is 1.73 bits per heavy atom. The molecule has 0 bridgehead atoms. The third kappa shape index (κ3) is 1.91. The highest BCUT2D eigenvalue weighted by atomic mass is 16.3. The number of likely N-dealkylation sites (N-methyl/N-ethyl adjacent to an activating group) is 1. The molecule has 1 amide bonds. The first-order valence-electron chi connectivity index (χ1n) is 3.71. The molecular weight excluding hydrogens is 144 g/mol. The third-order valence-corrected chi connectivity index (χ3v) is 1.85. The molecule has 0 radical (unpaired) electrons. The molecule has 0 unspecified atom stereocenters. The van der Waals surface area contributed by atoms with Crippen molar-refractivity contribution in [3.05, 3.63) is 0 Å². The highest BCUT2D eigenvalue weighted by Crippen LogP contribution is 2.07. The van der Waals surface area contributed by atoms with Crippen molar-refractivity contribution in [1.29, 1.82) is 0 Å². The van der Waals surface area contributed by atoms with Gasteiger partial charge in [-0.25, -0.2) is 0 Å². The molecule has 1 fully saturated rings. The van der Waals surface area contributed by atoms with Crippen molar-refractivity contribution >= 4 is 5.91 Å². The summed E-state index contributed by atoms with van der Waals surface area (Å²) in [6, 6.07) is 0. The van der Waals surface area contributed by atoms with Crippen LogP contribution in [-0.2, 0) is 4.79 Å². The van der Waals surface area contributed by atoms with Gasteiger partial charge in [0.25, 0.3) is 5.91 Å². The van der Waals surface area contributed by atoms with Gasteiger partial charge in [0.05, 0.1) is 0 Å². The molecule has 0 aromatic rings. The van der Waals surface area contributed by atoms with E-state index in [1.165, 1.54) is 6.92 Å². The molecule has 1 saturated heterocycles. The van der Waals surface area contributed by atoms with E-state index in [0.717, 1.165) is 6.54 Å². The average molecular weight is 158 g/mol. The quantitative estimate of drug-likeness (QED) is 0.465. The summed E-state index contributed by atoms with van der Waals surface area (Å²) in [4.78, 5) is 13.0. The van der Waals surface area contributed by atoms with Crippen molar-refractivity contribution < 1.29 is 9.90 Å². The minimum Gasteiger partial charge on any atom is -0.379 e. The average Bonchev–Trinajstić information content (AvgIpc) is 1.93. The number of nitrogens with one attached hydrogen (secondary N) is 1. The number of β-amino-alcohol motifs (C(OH)–C–C–N with tert-alkyl or cyclic N) is 1. The maximum Gasteiger partial charge on any atom is 0.253 e. The van der Waals surface area contributed by atoms with E-state index in [-0.39, 0.29) is 5.91 Å². The van der Waals surface area contributed by atoms with Crippen LogP contribution in [0.5, 0.6) is 0 Å². The number of amides is 1. The highest BCUT2D eigenvalue weighted by Gasteiger charge is 2.33. The lowest BCUT2D eigenvalue weighted by Gasteiger charge is -2.22. The zero-order valence-electron chi connectivity index (χ0n) is 6.92. The van der Waals surface area contributed by atoms with Crippen LogP contribution in [0.3, 0.4) is 0 Å². The second-order valence-electron chi connectivity index (χ2n) is 3.27. The van der Waals surface area contributed by atoms with Crippen LogP contribution in [0.25, 0.3) is 0 Å². The van der Waals surface area contributed by atoms with Crippen molar-refractivity contribution in [3.8, 4) is 0 Å². The van der Waals surface area contributed by atoms with Crippen molar-refractivity contribution in [1.82, 2.24) is 10.2 Å². The van der Waals surface area contributed by atoms with Crippen molar-refractivity contribution in [2.45, 2.75) is 12.5 Å². The predicted molar refractivity (Wildman–Crippen MR) is 41.1 cm³/mol. The van der Waals surface area contributed by atoms with Crippen LogP contribution in [0, 0.1) is 0 Å². The summed E-state index contributed by atoms with van der Waals surface area (Å²) in [5.41, 5.74) is -1.23. The number of carbonyl (C=O) groups is 1. The Morgan fingerprint density at radius 2 is 2.36 bits per heavy atom.